The molecule has 1 N–H and O–H groups in total. The van der Waals surface area contributed by atoms with Crippen molar-refractivity contribution in [2.75, 3.05) is 6.54 Å². The summed E-state index contributed by atoms with van der Waals surface area (Å²) < 4.78 is 14.9. The van der Waals surface area contributed by atoms with Crippen molar-refractivity contribution in [1.82, 2.24) is 14.8 Å². The van der Waals surface area contributed by atoms with Crippen molar-refractivity contribution in [2.24, 2.45) is 0 Å². The highest BCUT2D eigenvalue weighted by Crippen LogP contribution is 2.25. The third-order valence-electron chi connectivity index (χ3n) is 4.16. The third-order valence-corrected chi connectivity index (χ3v) is 4.16. The molecule has 2 aromatic rings. The van der Waals surface area contributed by atoms with Crippen molar-refractivity contribution < 1.29 is 14.0 Å². The molecule has 0 spiro atoms. The van der Waals surface area contributed by atoms with Gasteiger partial charge in [-0.2, -0.15) is 0 Å². The number of nitrogens with one attached hydrogen (secondary N) is 1. The Hall–Kier alpha value is -2.63. The number of hydrogen-bond acceptors (Lipinski definition) is 2. The van der Waals surface area contributed by atoms with Crippen LogP contribution in [0.4, 0.5) is 4.39 Å². The zero-order chi connectivity index (χ0) is 16.4. The number of hydrogen-bond donors (Lipinski definition) is 1. The monoisotopic (exact) mass is 315 g/mol. The van der Waals surface area contributed by atoms with Crippen LogP contribution in [0, 0.1) is 5.82 Å². The second-order valence-corrected chi connectivity index (χ2v) is 5.61. The Morgan fingerprint density at radius 1 is 1.22 bits per heavy atom. The second-order valence-electron chi connectivity index (χ2n) is 5.61. The van der Waals surface area contributed by atoms with Crippen LogP contribution in [0.25, 0.3) is 0 Å². The second kappa shape index (κ2) is 6.24. The Morgan fingerprint density at radius 2 is 1.96 bits per heavy atom. The summed E-state index contributed by atoms with van der Waals surface area (Å²) in [6.45, 7) is 3.30. The molecule has 1 aliphatic heterocycles. The molecular weight excluding hydrogens is 297 g/mol. The largest absolute Gasteiger partial charge is 0.348 e. The molecule has 1 atom stereocenters. The van der Waals surface area contributed by atoms with E-state index in [2.05, 4.69) is 9.88 Å². The summed E-state index contributed by atoms with van der Waals surface area (Å²) in [5.41, 5.74) is 1.77. The Bertz CT molecular complexity index is 724. The molecule has 120 valence electrons. The van der Waals surface area contributed by atoms with Crippen LogP contribution in [0.1, 0.15) is 24.2 Å². The maximum Gasteiger partial charge on any atom is 0.312 e. The summed E-state index contributed by atoms with van der Waals surface area (Å²) in [6, 6.07) is 9.57. The lowest BCUT2D eigenvalue weighted by Crippen LogP contribution is -2.47. The van der Waals surface area contributed by atoms with Crippen LogP contribution in [0.3, 0.4) is 0 Å². The average Bonchev–Trinajstić information content (AvgIpc) is 3.03. The number of carbonyl (C=O) groups excluding carboxylic acids is 2. The molecule has 1 aromatic carbocycles. The minimum Gasteiger partial charge on any atom is -0.348 e. The van der Waals surface area contributed by atoms with E-state index in [0.717, 1.165) is 11.3 Å². The van der Waals surface area contributed by atoms with Gasteiger partial charge in [-0.25, -0.2) is 4.39 Å². The number of halogens is 1. The zero-order valence-electron chi connectivity index (χ0n) is 12.8. The van der Waals surface area contributed by atoms with E-state index in [1.807, 2.05) is 25.3 Å². The van der Waals surface area contributed by atoms with Gasteiger partial charge in [-0.05, 0) is 36.8 Å². The van der Waals surface area contributed by atoms with Gasteiger partial charge in [-0.15, -0.1) is 0 Å². The van der Waals surface area contributed by atoms with E-state index in [1.165, 1.54) is 12.1 Å². The predicted octanol–water partition coefficient (Wildman–Crippen LogP) is 1.85. The predicted molar refractivity (Wildman–Crippen MR) is 82.8 cm³/mol. The van der Waals surface area contributed by atoms with Crippen LogP contribution in [0.2, 0.25) is 0 Å². The Kier molecular flexibility index (Phi) is 4.14. The highest BCUT2D eigenvalue weighted by Gasteiger charge is 2.30. The lowest BCUT2D eigenvalue weighted by molar-refractivity contribution is -0.148. The van der Waals surface area contributed by atoms with Gasteiger partial charge in [0.2, 0.25) is 0 Å². The molecule has 6 heteroatoms. The molecule has 0 saturated carbocycles. The molecule has 1 unspecified atom stereocenters. The van der Waals surface area contributed by atoms with Crippen LogP contribution >= 0.6 is 0 Å². The van der Waals surface area contributed by atoms with Gasteiger partial charge in [-0.3, -0.25) is 9.59 Å². The van der Waals surface area contributed by atoms with Crippen LogP contribution in [-0.2, 0) is 22.7 Å². The van der Waals surface area contributed by atoms with E-state index in [-0.39, 0.29) is 18.4 Å². The molecule has 0 fully saturated rings. The Labute approximate surface area is 133 Å². The summed E-state index contributed by atoms with van der Waals surface area (Å²) >= 11 is 0. The fourth-order valence-corrected chi connectivity index (χ4v) is 2.85. The van der Waals surface area contributed by atoms with Crippen LogP contribution < -0.4 is 5.32 Å². The first-order valence-electron chi connectivity index (χ1n) is 7.54. The fraction of sp³-hybridized carbons (Fsp3) is 0.294. The lowest BCUT2D eigenvalue weighted by Gasteiger charge is -2.34. The molecule has 23 heavy (non-hydrogen) atoms. The van der Waals surface area contributed by atoms with Gasteiger partial charge in [0.25, 0.3) is 0 Å². The molecule has 0 saturated heterocycles. The van der Waals surface area contributed by atoms with E-state index >= 15 is 0 Å². The molecule has 1 aromatic heterocycles. The number of benzene rings is 1. The van der Waals surface area contributed by atoms with Gasteiger partial charge in [0, 0.05) is 31.5 Å². The number of carbonyl (C=O) groups is 2. The maximum absolute atomic E-state index is 12.8. The minimum absolute atomic E-state index is 0.136. The first-order chi connectivity index (χ1) is 11.1. The van der Waals surface area contributed by atoms with Crippen molar-refractivity contribution in [3.8, 4) is 0 Å². The smallest absolute Gasteiger partial charge is 0.312 e. The van der Waals surface area contributed by atoms with Gasteiger partial charge in [0.1, 0.15) is 5.82 Å². The van der Waals surface area contributed by atoms with Gasteiger partial charge in [0.15, 0.2) is 0 Å². The normalized spacial score (nSPS) is 16.8. The molecule has 5 nitrogen and oxygen atoms in total. The highest BCUT2D eigenvalue weighted by molar-refractivity contribution is 6.35. The highest BCUT2D eigenvalue weighted by atomic mass is 19.1. The van der Waals surface area contributed by atoms with Crippen molar-refractivity contribution in [1.29, 1.82) is 0 Å². The van der Waals surface area contributed by atoms with Crippen molar-refractivity contribution in [3.63, 3.8) is 0 Å². The molecule has 0 aliphatic carbocycles. The zero-order valence-corrected chi connectivity index (χ0v) is 12.8. The van der Waals surface area contributed by atoms with Crippen LogP contribution in [0.15, 0.2) is 42.6 Å². The van der Waals surface area contributed by atoms with Crippen LogP contribution in [0.5, 0.6) is 0 Å². The lowest BCUT2D eigenvalue weighted by atomic mass is 10.1. The number of fused-ring (bicyclic) bond motifs is 1. The van der Waals surface area contributed by atoms with E-state index in [4.69, 9.17) is 0 Å². The first kappa shape index (κ1) is 15.3. The number of rotatable bonds is 2. The van der Waals surface area contributed by atoms with Crippen molar-refractivity contribution in [2.45, 2.75) is 26.1 Å². The average molecular weight is 315 g/mol. The summed E-state index contributed by atoms with van der Waals surface area (Å²) in [5, 5.41) is 2.59. The quantitative estimate of drug-likeness (QED) is 0.860. The number of aromatic nitrogens is 1. The van der Waals surface area contributed by atoms with E-state index in [0.29, 0.717) is 13.1 Å². The first-order valence-corrected chi connectivity index (χ1v) is 7.54. The maximum atomic E-state index is 12.8. The molecule has 1 aliphatic rings. The molecule has 2 heterocycles. The topological polar surface area (TPSA) is 54.3 Å². The summed E-state index contributed by atoms with van der Waals surface area (Å²) in [4.78, 5) is 26.0. The van der Waals surface area contributed by atoms with E-state index in [1.54, 1.807) is 17.0 Å². The standard InChI is InChI=1S/C17H18FN3O2/c1-12-15-3-2-8-20(15)9-10-21(12)17(23)16(22)19-11-13-4-6-14(18)7-5-13/h2-8,12H,9-11H2,1H3,(H,19,22). The molecular formula is C17H18FN3O2. The molecule has 0 bridgehead atoms. The number of nitrogens with zero attached hydrogens (tertiary/aromatic N) is 2. The molecule has 0 radical (unpaired) electrons. The number of amides is 2. The summed E-state index contributed by atoms with van der Waals surface area (Å²) in [7, 11) is 0. The van der Waals surface area contributed by atoms with Crippen molar-refractivity contribution in [3.05, 3.63) is 59.7 Å². The summed E-state index contributed by atoms with van der Waals surface area (Å²) in [5.74, 6) is -1.51. The van der Waals surface area contributed by atoms with Crippen molar-refractivity contribution >= 4 is 11.8 Å². The molecule has 2 amide bonds. The Balaban J connectivity index is 1.61. The third kappa shape index (κ3) is 3.11. The fourth-order valence-electron chi connectivity index (χ4n) is 2.85. The minimum atomic E-state index is -0.638. The van der Waals surface area contributed by atoms with Gasteiger partial charge < -0.3 is 14.8 Å². The molecule has 3 rings (SSSR count). The van der Waals surface area contributed by atoms with E-state index in [9.17, 15) is 14.0 Å². The summed E-state index contributed by atoms with van der Waals surface area (Å²) in [6.07, 6.45) is 1.97. The van der Waals surface area contributed by atoms with Gasteiger partial charge >= 0.3 is 11.8 Å². The van der Waals surface area contributed by atoms with Crippen LogP contribution in [-0.4, -0.2) is 27.8 Å². The SMILES string of the molecule is CC1c2cccn2CCN1C(=O)C(=O)NCc1ccc(F)cc1. The van der Waals surface area contributed by atoms with Gasteiger partial charge in [-0.1, -0.05) is 12.1 Å². The van der Waals surface area contributed by atoms with E-state index < -0.39 is 11.8 Å². The van der Waals surface area contributed by atoms with Gasteiger partial charge in [0.05, 0.1) is 6.04 Å². The Morgan fingerprint density at radius 3 is 2.70 bits per heavy atom.